The van der Waals surface area contributed by atoms with Gasteiger partial charge in [-0.3, -0.25) is 4.79 Å². The van der Waals surface area contributed by atoms with Crippen LogP contribution in [0.3, 0.4) is 0 Å². The molecule has 1 N–H and O–H groups in total. The van der Waals surface area contributed by atoms with Gasteiger partial charge in [0.25, 0.3) is 0 Å². The van der Waals surface area contributed by atoms with Crippen molar-refractivity contribution in [1.29, 1.82) is 0 Å². The fourth-order valence-corrected chi connectivity index (χ4v) is 1.37. The molecule has 0 bridgehead atoms. The van der Waals surface area contributed by atoms with Gasteiger partial charge in [-0.1, -0.05) is 27.7 Å². The molecule has 96 valence electrons. The summed E-state index contributed by atoms with van der Waals surface area (Å²) in [5.41, 5.74) is 0. The van der Waals surface area contributed by atoms with Gasteiger partial charge in [-0.2, -0.15) is 0 Å². The van der Waals surface area contributed by atoms with Crippen molar-refractivity contribution in [3.05, 3.63) is 0 Å². The van der Waals surface area contributed by atoms with E-state index in [9.17, 15) is 4.79 Å². The van der Waals surface area contributed by atoms with Gasteiger partial charge in [-0.25, -0.2) is 0 Å². The lowest BCUT2D eigenvalue weighted by atomic mass is 10.1. The molecule has 0 aliphatic carbocycles. The zero-order valence-electron chi connectivity index (χ0n) is 11.2. The molecule has 0 fully saturated rings. The smallest absolute Gasteiger partial charge is 0.305 e. The Hall–Kier alpha value is -0.570. The summed E-state index contributed by atoms with van der Waals surface area (Å²) in [5.74, 6) is 0.628. The Bertz CT molecular complexity index is 161. The third kappa shape index (κ3) is 11.5. The van der Waals surface area contributed by atoms with Crippen molar-refractivity contribution in [1.82, 2.24) is 5.32 Å². The van der Waals surface area contributed by atoms with Gasteiger partial charge in [0.2, 0.25) is 0 Å². The molecule has 0 saturated carbocycles. The third-order valence-electron chi connectivity index (χ3n) is 2.30. The molecule has 3 nitrogen and oxygen atoms in total. The van der Waals surface area contributed by atoms with Gasteiger partial charge in [0.15, 0.2) is 0 Å². The standard InChI is InChI=1S/C13H27NO2/c1-11(2)7-6-10-16-13(15)8-5-9-14-12(3)4/h11-12,14H,5-10H2,1-4H3. The molecule has 3 heteroatoms. The number of carbonyl (C=O) groups is 1. The third-order valence-corrected chi connectivity index (χ3v) is 2.30. The van der Waals surface area contributed by atoms with Gasteiger partial charge < -0.3 is 10.1 Å². The second-order valence-electron chi connectivity index (χ2n) is 4.97. The van der Waals surface area contributed by atoms with Crippen LogP contribution in [0.5, 0.6) is 0 Å². The number of esters is 1. The molecule has 0 aromatic rings. The molecule has 0 radical (unpaired) electrons. The molecule has 0 atom stereocenters. The van der Waals surface area contributed by atoms with E-state index in [0.29, 0.717) is 25.0 Å². The summed E-state index contributed by atoms with van der Waals surface area (Å²) in [6, 6.07) is 0.488. The number of ether oxygens (including phenoxy) is 1. The molecule has 0 rings (SSSR count). The van der Waals surface area contributed by atoms with Crippen LogP contribution in [-0.2, 0) is 9.53 Å². The van der Waals surface area contributed by atoms with Crippen LogP contribution in [0.25, 0.3) is 0 Å². The fourth-order valence-electron chi connectivity index (χ4n) is 1.37. The Balaban J connectivity index is 3.25. The summed E-state index contributed by atoms with van der Waals surface area (Å²) < 4.78 is 5.13. The van der Waals surface area contributed by atoms with Gasteiger partial charge in [0, 0.05) is 12.5 Å². The maximum absolute atomic E-state index is 11.3. The molecular weight excluding hydrogens is 202 g/mol. The lowest BCUT2D eigenvalue weighted by molar-refractivity contribution is -0.143. The lowest BCUT2D eigenvalue weighted by Gasteiger charge is -2.08. The first-order valence-electron chi connectivity index (χ1n) is 6.41. The molecule has 16 heavy (non-hydrogen) atoms. The largest absolute Gasteiger partial charge is 0.466 e. The van der Waals surface area contributed by atoms with Crippen molar-refractivity contribution < 1.29 is 9.53 Å². The van der Waals surface area contributed by atoms with Gasteiger partial charge >= 0.3 is 5.97 Å². The molecule has 0 amide bonds. The predicted molar refractivity (Wildman–Crippen MR) is 67.4 cm³/mol. The summed E-state index contributed by atoms with van der Waals surface area (Å²) in [7, 11) is 0. The number of carbonyl (C=O) groups excluding carboxylic acids is 1. The van der Waals surface area contributed by atoms with Gasteiger partial charge in [0.1, 0.15) is 0 Å². The molecule has 0 aromatic heterocycles. The van der Waals surface area contributed by atoms with Crippen LogP contribution in [0.1, 0.15) is 53.4 Å². The Labute approximate surface area is 99.9 Å². The van der Waals surface area contributed by atoms with E-state index in [1.165, 1.54) is 0 Å². The zero-order valence-corrected chi connectivity index (χ0v) is 11.2. The van der Waals surface area contributed by atoms with E-state index in [-0.39, 0.29) is 5.97 Å². The summed E-state index contributed by atoms with van der Waals surface area (Å²) >= 11 is 0. The first-order chi connectivity index (χ1) is 7.52. The highest BCUT2D eigenvalue weighted by Crippen LogP contribution is 2.03. The summed E-state index contributed by atoms with van der Waals surface area (Å²) in [6.45, 7) is 10.0. The van der Waals surface area contributed by atoms with Crippen LogP contribution < -0.4 is 5.32 Å². The number of nitrogens with one attached hydrogen (secondary N) is 1. The summed E-state index contributed by atoms with van der Waals surface area (Å²) in [6.07, 6.45) is 3.50. The van der Waals surface area contributed by atoms with Crippen molar-refractivity contribution in [2.24, 2.45) is 5.92 Å². The van der Waals surface area contributed by atoms with Crippen LogP contribution in [-0.4, -0.2) is 25.2 Å². The van der Waals surface area contributed by atoms with Crippen LogP contribution in [0.4, 0.5) is 0 Å². The maximum atomic E-state index is 11.3. The summed E-state index contributed by atoms with van der Waals surface area (Å²) in [4.78, 5) is 11.3. The number of hydrogen-bond acceptors (Lipinski definition) is 3. The molecular formula is C13H27NO2. The molecule has 0 heterocycles. The van der Waals surface area contributed by atoms with E-state index < -0.39 is 0 Å². The van der Waals surface area contributed by atoms with Crippen LogP contribution in [0.15, 0.2) is 0 Å². The minimum atomic E-state index is -0.0608. The van der Waals surface area contributed by atoms with Crippen molar-refractivity contribution in [3.8, 4) is 0 Å². The van der Waals surface area contributed by atoms with Crippen molar-refractivity contribution in [2.75, 3.05) is 13.2 Å². The van der Waals surface area contributed by atoms with E-state index in [0.717, 1.165) is 25.8 Å². The fraction of sp³-hybridized carbons (Fsp3) is 0.923. The maximum Gasteiger partial charge on any atom is 0.305 e. The Morgan fingerprint density at radius 3 is 2.44 bits per heavy atom. The van der Waals surface area contributed by atoms with E-state index in [2.05, 4.69) is 33.0 Å². The Kier molecular flexibility index (Phi) is 9.30. The molecule has 0 aliphatic heterocycles. The minimum Gasteiger partial charge on any atom is -0.466 e. The first-order valence-corrected chi connectivity index (χ1v) is 6.41. The number of rotatable bonds is 9. The van der Waals surface area contributed by atoms with Crippen LogP contribution in [0.2, 0.25) is 0 Å². The Morgan fingerprint density at radius 1 is 1.19 bits per heavy atom. The average molecular weight is 229 g/mol. The minimum absolute atomic E-state index is 0.0608. The summed E-state index contributed by atoms with van der Waals surface area (Å²) in [5, 5.41) is 3.28. The van der Waals surface area contributed by atoms with Crippen LogP contribution >= 0.6 is 0 Å². The van der Waals surface area contributed by atoms with E-state index >= 15 is 0 Å². The number of hydrogen-bond donors (Lipinski definition) is 1. The highest BCUT2D eigenvalue weighted by molar-refractivity contribution is 5.69. The normalized spacial score (nSPS) is 11.1. The van der Waals surface area contributed by atoms with Gasteiger partial charge in [0.05, 0.1) is 6.61 Å². The van der Waals surface area contributed by atoms with E-state index in [1.807, 2.05) is 0 Å². The second-order valence-corrected chi connectivity index (χ2v) is 4.97. The average Bonchev–Trinajstić information content (AvgIpc) is 2.19. The zero-order chi connectivity index (χ0) is 12.4. The SMILES string of the molecule is CC(C)CCCOC(=O)CCCNC(C)C. The molecule has 0 aliphatic rings. The topological polar surface area (TPSA) is 38.3 Å². The predicted octanol–water partition coefficient (Wildman–Crippen LogP) is 2.74. The van der Waals surface area contributed by atoms with Gasteiger partial charge in [-0.15, -0.1) is 0 Å². The quantitative estimate of drug-likeness (QED) is 0.488. The highest BCUT2D eigenvalue weighted by atomic mass is 16.5. The van der Waals surface area contributed by atoms with E-state index in [1.54, 1.807) is 0 Å². The second kappa shape index (κ2) is 9.64. The lowest BCUT2D eigenvalue weighted by Crippen LogP contribution is -2.24. The van der Waals surface area contributed by atoms with Crippen LogP contribution in [0, 0.1) is 5.92 Å². The van der Waals surface area contributed by atoms with E-state index in [4.69, 9.17) is 4.74 Å². The van der Waals surface area contributed by atoms with Crippen molar-refractivity contribution >= 4 is 5.97 Å². The Morgan fingerprint density at radius 2 is 1.88 bits per heavy atom. The molecule has 0 aromatic carbocycles. The molecule has 0 saturated heterocycles. The van der Waals surface area contributed by atoms with Crippen molar-refractivity contribution in [2.45, 2.75) is 59.4 Å². The first kappa shape index (κ1) is 15.4. The molecule has 0 spiro atoms. The van der Waals surface area contributed by atoms with Gasteiger partial charge in [-0.05, 0) is 31.7 Å². The highest BCUT2D eigenvalue weighted by Gasteiger charge is 2.03. The van der Waals surface area contributed by atoms with Crippen molar-refractivity contribution in [3.63, 3.8) is 0 Å². The monoisotopic (exact) mass is 229 g/mol. The molecule has 0 unspecified atom stereocenters.